The highest BCUT2D eigenvalue weighted by molar-refractivity contribution is 9.10. The third-order valence-electron chi connectivity index (χ3n) is 8.93. The van der Waals surface area contributed by atoms with E-state index in [0.29, 0.717) is 24.4 Å². The van der Waals surface area contributed by atoms with E-state index < -0.39 is 33.9 Å². The Labute approximate surface area is 328 Å². The Morgan fingerprint density at radius 1 is 0.868 bits per heavy atom. The quantitative estimate of drug-likeness (QED) is 0.103. The maximum absolute atomic E-state index is 14.1. The lowest BCUT2D eigenvalue weighted by Gasteiger charge is -2.25. The number of nitrogens with zero attached hydrogens (tertiary/aromatic N) is 2. The predicted molar refractivity (Wildman–Crippen MR) is 214 cm³/mol. The average Bonchev–Trinajstić information content (AvgIpc) is 3.97. The molecule has 1 aromatic heterocycles. The van der Waals surface area contributed by atoms with Gasteiger partial charge in [-0.05, 0) is 98.3 Å². The molecular formula is C39H44Br2N6O5S. The van der Waals surface area contributed by atoms with Gasteiger partial charge in [0.1, 0.15) is 0 Å². The van der Waals surface area contributed by atoms with Crippen LogP contribution in [0.3, 0.4) is 0 Å². The SMILES string of the molecule is C[C@H](NC[C@H](Cc1ccccn1)NC(=O)c1cc(C(=O)N[C@H](C)c2ccc(Br)cc2)cc(N(Cc2ccc(Br)cc2)S(C)(=O)=O)c1)C(=O)NCC1CC1. The Morgan fingerprint density at radius 2 is 1.49 bits per heavy atom. The van der Waals surface area contributed by atoms with Crippen LogP contribution in [0.15, 0.2) is 100 Å². The first-order chi connectivity index (χ1) is 25.2. The van der Waals surface area contributed by atoms with E-state index in [-0.39, 0.29) is 41.9 Å². The number of anilines is 1. The number of carbonyl (C=O) groups excluding carboxylic acids is 3. The normalized spacial score (nSPS) is 14.4. The number of benzene rings is 3. The largest absolute Gasteiger partial charge is 0.354 e. The molecule has 1 heterocycles. The third kappa shape index (κ3) is 12.2. The second-order valence-corrected chi connectivity index (χ2v) is 17.2. The van der Waals surface area contributed by atoms with E-state index in [0.717, 1.165) is 39.3 Å². The van der Waals surface area contributed by atoms with Gasteiger partial charge in [-0.3, -0.25) is 23.7 Å². The molecule has 1 fully saturated rings. The molecule has 0 bridgehead atoms. The monoisotopic (exact) mass is 866 g/mol. The molecule has 1 aliphatic carbocycles. The molecule has 0 saturated heterocycles. The summed E-state index contributed by atoms with van der Waals surface area (Å²) in [5.74, 6) is -0.576. The summed E-state index contributed by atoms with van der Waals surface area (Å²) in [6.45, 7) is 4.49. The average molecular weight is 869 g/mol. The number of hydrogen-bond acceptors (Lipinski definition) is 7. The predicted octanol–water partition coefficient (Wildman–Crippen LogP) is 5.91. The van der Waals surface area contributed by atoms with Crippen molar-refractivity contribution >= 4 is 65.3 Å². The fraction of sp³-hybridized carbons (Fsp3) is 0.333. The summed E-state index contributed by atoms with van der Waals surface area (Å²) in [5, 5.41) is 12.3. The minimum Gasteiger partial charge on any atom is -0.354 e. The van der Waals surface area contributed by atoms with Gasteiger partial charge in [-0.15, -0.1) is 0 Å². The van der Waals surface area contributed by atoms with E-state index in [2.05, 4.69) is 58.1 Å². The zero-order valence-electron chi connectivity index (χ0n) is 29.8. The van der Waals surface area contributed by atoms with Crippen molar-refractivity contribution in [2.45, 2.75) is 57.8 Å². The van der Waals surface area contributed by atoms with Crippen molar-refractivity contribution in [1.29, 1.82) is 0 Å². The molecule has 14 heteroatoms. The van der Waals surface area contributed by atoms with Crippen LogP contribution in [0.25, 0.3) is 0 Å². The van der Waals surface area contributed by atoms with Gasteiger partial charge in [0.05, 0.1) is 30.6 Å². The standard InChI is InChI=1S/C39H44Br2N6O5S/c1-25(29-11-15-33(41)16-12-29)45-38(49)30-18-31(20-36(19-30)47(53(3,51)52)24-28-9-13-32(40)14-10-28)39(50)46-35(21-34-6-4-5-17-42-34)23-43-26(2)37(48)44-22-27-7-8-27/h4-6,9-20,25-27,35,43H,7-8,21-24H2,1-3H3,(H,44,48)(H,45,49)(H,46,50)/t25-,26+,35+/m1/s1. The van der Waals surface area contributed by atoms with Gasteiger partial charge in [-0.2, -0.15) is 0 Å². The molecule has 1 saturated carbocycles. The summed E-state index contributed by atoms with van der Waals surface area (Å²) in [5.41, 5.74) is 2.67. The van der Waals surface area contributed by atoms with Crippen molar-refractivity contribution < 1.29 is 22.8 Å². The summed E-state index contributed by atoms with van der Waals surface area (Å²) in [4.78, 5) is 45.1. The van der Waals surface area contributed by atoms with Crippen molar-refractivity contribution in [3.63, 3.8) is 0 Å². The maximum atomic E-state index is 14.1. The van der Waals surface area contributed by atoms with E-state index in [1.165, 1.54) is 22.5 Å². The molecule has 5 rings (SSSR count). The van der Waals surface area contributed by atoms with Crippen LogP contribution in [0, 0.1) is 5.92 Å². The molecule has 0 aliphatic heterocycles. The Bertz CT molecular complexity index is 2000. The van der Waals surface area contributed by atoms with Crippen molar-refractivity contribution in [3.05, 3.63) is 128 Å². The van der Waals surface area contributed by atoms with Gasteiger partial charge in [-0.1, -0.05) is 62.2 Å². The fourth-order valence-electron chi connectivity index (χ4n) is 5.63. The molecule has 0 radical (unpaired) electrons. The summed E-state index contributed by atoms with van der Waals surface area (Å²) in [6.07, 6.45) is 5.37. The van der Waals surface area contributed by atoms with Gasteiger partial charge in [0.2, 0.25) is 15.9 Å². The number of sulfonamides is 1. The fourth-order valence-corrected chi connectivity index (χ4v) is 7.03. The van der Waals surface area contributed by atoms with Crippen molar-refractivity contribution in [2.24, 2.45) is 5.92 Å². The molecule has 1 aliphatic rings. The second kappa shape index (κ2) is 18.3. The van der Waals surface area contributed by atoms with E-state index in [1.807, 2.05) is 55.5 Å². The van der Waals surface area contributed by atoms with Gasteiger partial charge in [0.15, 0.2) is 0 Å². The highest BCUT2D eigenvalue weighted by Crippen LogP contribution is 2.28. The number of rotatable bonds is 17. The minimum absolute atomic E-state index is 0.0273. The topological polar surface area (TPSA) is 150 Å². The third-order valence-corrected chi connectivity index (χ3v) is 11.1. The van der Waals surface area contributed by atoms with Crippen molar-refractivity contribution in [2.75, 3.05) is 23.7 Å². The number of nitrogens with one attached hydrogen (secondary N) is 4. The highest BCUT2D eigenvalue weighted by atomic mass is 79.9. The van der Waals surface area contributed by atoms with Crippen LogP contribution in [-0.2, 0) is 27.8 Å². The Hall–Kier alpha value is -4.11. The summed E-state index contributed by atoms with van der Waals surface area (Å²) >= 11 is 6.85. The summed E-state index contributed by atoms with van der Waals surface area (Å²) in [6, 6.07) is 23.3. The zero-order chi connectivity index (χ0) is 38.1. The molecule has 3 atom stereocenters. The van der Waals surface area contributed by atoms with Gasteiger partial charge < -0.3 is 21.3 Å². The van der Waals surface area contributed by atoms with Crippen LogP contribution in [-0.4, -0.2) is 62.6 Å². The van der Waals surface area contributed by atoms with Crippen molar-refractivity contribution in [1.82, 2.24) is 26.3 Å². The number of amides is 3. The highest BCUT2D eigenvalue weighted by Gasteiger charge is 2.26. The van der Waals surface area contributed by atoms with Crippen LogP contribution in [0.4, 0.5) is 5.69 Å². The molecule has 3 amide bonds. The van der Waals surface area contributed by atoms with E-state index >= 15 is 0 Å². The number of carbonyl (C=O) groups is 3. The lowest BCUT2D eigenvalue weighted by Crippen LogP contribution is -2.49. The minimum atomic E-state index is -3.88. The zero-order valence-corrected chi connectivity index (χ0v) is 33.8. The molecule has 3 aromatic carbocycles. The van der Waals surface area contributed by atoms with Gasteiger partial charge in [0, 0.05) is 57.5 Å². The molecule has 4 N–H and O–H groups in total. The Morgan fingerprint density at radius 3 is 2.08 bits per heavy atom. The second-order valence-electron chi connectivity index (χ2n) is 13.4. The number of halogens is 2. The van der Waals surface area contributed by atoms with E-state index in [1.54, 1.807) is 31.3 Å². The summed E-state index contributed by atoms with van der Waals surface area (Å²) in [7, 11) is -3.88. The number of aromatic nitrogens is 1. The molecule has 0 unspecified atom stereocenters. The first-order valence-electron chi connectivity index (χ1n) is 17.4. The molecule has 280 valence electrons. The summed E-state index contributed by atoms with van der Waals surface area (Å²) < 4.78 is 29.5. The number of hydrogen-bond donors (Lipinski definition) is 4. The van der Waals surface area contributed by atoms with Crippen LogP contribution in [0.2, 0.25) is 0 Å². The van der Waals surface area contributed by atoms with Crippen molar-refractivity contribution in [3.8, 4) is 0 Å². The van der Waals surface area contributed by atoms with Crippen LogP contribution < -0.4 is 25.6 Å². The van der Waals surface area contributed by atoms with Crippen LogP contribution >= 0.6 is 31.9 Å². The van der Waals surface area contributed by atoms with Crippen LogP contribution in [0.1, 0.15) is 70.3 Å². The first kappa shape index (κ1) is 40.1. The van der Waals surface area contributed by atoms with Gasteiger partial charge >= 0.3 is 0 Å². The van der Waals surface area contributed by atoms with Gasteiger partial charge in [-0.25, -0.2) is 8.42 Å². The molecule has 53 heavy (non-hydrogen) atoms. The molecule has 11 nitrogen and oxygen atoms in total. The Balaban J connectivity index is 1.44. The lowest BCUT2D eigenvalue weighted by molar-refractivity contribution is -0.122. The molecule has 0 spiro atoms. The molecular weight excluding hydrogens is 824 g/mol. The van der Waals surface area contributed by atoms with E-state index in [4.69, 9.17) is 0 Å². The molecule has 4 aromatic rings. The van der Waals surface area contributed by atoms with Gasteiger partial charge in [0.25, 0.3) is 11.8 Å². The lowest BCUT2D eigenvalue weighted by atomic mass is 10.0. The first-order valence-corrected chi connectivity index (χ1v) is 20.8. The maximum Gasteiger partial charge on any atom is 0.251 e. The smallest absolute Gasteiger partial charge is 0.251 e. The van der Waals surface area contributed by atoms with Crippen LogP contribution in [0.5, 0.6) is 0 Å². The number of pyridine rings is 1. The Kier molecular flexibility index (Phi) is 13.8. The van der Waals surface area contributed by atoms with E-state index in [9.17, 15) is 22.8 Å².